The molecule has 0 aromatic carbocycles. The smallest absolute Gasteiger partial charge is 0.396 e. The quantitative estimate of drug-likeness (QED) is 0.267. The number of aliphatic hydroxyl groups excluding tert-OH is 3. The Morgan fingerprint density at radius 1 is 0.842 bits per heavy atom. The summed E-state index contributed by atoms with van der Waals surface area (Å²) in [6, 6.07) is 0. The van der Waals surface area contributed by atoms with Gasteiger partial charge in [-0.05, 0) is 6.42 Å². The van der Waals surface area contributed by atoms with Crippen LogP contribution in [0, 0.1) is 5.41 Å². The molecular formula is C11H27O7P. The molecule has 0 amide bonds. The Hall–Kier alpha value is -0.0100. The Kier molecular flexibility index (Phi) is 13.2. The summed E-state index contributed by atoms with van der Waals surface area (Å²) in [4.78, 5) is 21.6. The van der Waals surface area contributed by atoms with Crippen molar-refractivity contribution in [3.8, 4) is 0 Å². The van der Waals surface area contributed by atoms with Gasteiger partial charge in [0.05, 0.1) is 19.8 Å². The molecule has 0 bridgehead atoms. The molecule has 0 aliphatic carbocycles. The molecule has 0 spiro atoms. The number of hydrogen-bond acceptors (Lipinski definition) is 4. The molecule has 0 saturated carbocycles. The largest absolute Gasteiger partial charge is 0.466 e. The first-order valence-electron chi connectivity index (χ1n) is 6.35. The number of phosphoric acid groups is 1. The monoisotopic (exact) mass is 302 g/mol. The van der Waals surface area contributed by atoms with Gasteiger partial charge in [-0.15, -0.1) is 0 Å². The van der Waals surface area contributed by atoms with E-state index < -0.39 is 13.2 Å². The Morgan fingerprint density at radius 2 is 1.21 bits per heavy atom. The molecule has 7 nitrogen and oxygen atoms in total. The van der Waals surface area contributed by atoms with Gasteiger partial charge in [-0.2, -0.15) is 0 Å². The van der Waals surface area contributed by atoms with Crippen molar-refractivity contribution in [3.05, 3.63) is 0 Å². The Morgan fingerprint density at radius 3 is 1.53 bits per heavy atom. The first-order valence-corrected chi connectivity index (χ1v) is 7.92. The van der Waals surface area contributed by atoms with Crippen LogP contribution in [0.25, 0.3) is 0 Å². The van der Waals surface area contributed by atoms with Gasteiger partial charge in [-0.3, -0.25) is 0 Å². The van der Waals surface area contributed by atoms with Crippen molar-refractivity contribution in [2.75, 3.05) is 19.8 Å². The second-order valence-electron chi connectivity index (χ2n) is 4.65. The van der Waals surface area contributed by atoms with Crippen molar-refractivity contribution in [3.63, 3.8) is 0 Å². The fourth-order valence-corrected chi connectivity index (χ4v) is 1.49. The summed E-state index contributed by atoms with van der Waals surface area (Å²) >= 11 is 0. The Bertz CT molecular complexity index is 221. The molecule has 8 heteroatoms. The predicted molar refractivity (Wildman–Crippen MR) is 71.3 cm³/mol. The lowest BCUT2D eigenvalue weighted by Crippen LogP contribution is -2.33. The van der Waals surface area contributed by atoms with Crippen LogP contribution in [0.1, 0.15) is 45.4 Å². The van der Waals surface area contributed by atoms with Crippen LogP contribution in [0.3, 0.4) is 0 Å². The van der Waals surface area contributed by atoms with Crippen molar-refractivity contribution in [1.29, 1.82) is 0 Å². The maximum atomic E-state index is 9.06. The van der Waals surface area contributed by atoms with E-state index in [1.54, 1.807) is 0 Å². The average Bonchev–Trinajstić information content (AvgIpc) is 2.33. The van der Waals surface area contributed by atoms with Gasteiger partial charge in [0.2, 0.25) is 0 Å². The molecule has 0 rings (SSSR count). The zero-order valence-electron chi connectivity index (χ0n) is 11.4. The van der Waals surface area contributed by atoms with E-state index >= 15 is 0 Å². The molecular weight excluding hydrogens is 275 g/mol. The molecule has 0 radical (unpaired) electrons. The molecule has 0 aromatic heterocycles. The summed E-state index contributed by atoms with van der Waals surface area (Å²) in [5.74, 6) is 0. The van der Waals surface area contributed by atoms with E-state index in [0.717, 1.165) is 12.8 Å². The van der Waals surface area contributed by atoms with Gasteiger partial charge in [0.15, 0.2) is 0 Å². The standard InChI is InChI=1S/C11H24O3.H3O4P/c1-2-3-4-5-6-7-11(8-12,9-13)10-14;1-5(2,3)4/h12-14H,2-10H2,1H3;(H3,1,2,3,4). The van der Waals surface area contributed by atoms with Crippen LogP contribution in [0.4, 0.5) is 0 Å². The number of rotatable bonds is 9. The third-order valence-electron chi connectivity index (χ3n) is 2.82. The van der Waals surface area contributed by atoms with Gasteiger partial charge in [0.25, 0.3) is 0 Å². The molecule has 0 saturated heterocycles. The van der Waals surface area contributed by atoms with Gasteiger partial charge < -0.3 is 30.0 Å². The summed E-state index contributed by atoms with van der Waals surface area (Å²) in [5, 5.41) is 27.2. The number of unbranched alkanes of at least 4 members (excludes halogenated alkanes) is 4. The Balaban J connectivity index is 0. The van der Waals surface area contributed by atoms with E-state index in [0.29, 0.717) is 6.42 Å². The van der Waals surface area contributed by atoms with Crippen LogP contribution in [0.5, 0.6) is 0 Å². The molecule has 0 aromatic rings. The van der Waals surface area contributed by atoms with E-state index in [1.807, 2.05) is 0 Å². The highest BCUT2D eigenvalue weighted by molar-refractivity contribution is 7.45. The van der Waals surface area contributed by atoms with Crippen LogP contribution >= 0.6 is 7.82 Å². The minimum absolute atomic E-state index is 0.131. The lowest BCUT2D eigenvalue weighted by molar-refractivity contribution is -0.00229. The van der Waals surface area contributed by atoms with E-state index in [2.05, 4.69) is 6.92 Å². The fraction of sp³-hybridized carbons (Fsp3) is 1.00. The summed E-state index contributed by atoms with van der Waals surface area (Å²) in [6.07, 6.45) is 6.46. The van der Waals surface area contributed by atoms with E-state index in [9.17, 15) is 0 Å². The zero-order valence-corrected chi connectivity index (χ0v) is 12.3. The minimum atomic E-state index is -4.64. The van der Waals surface area contributed by atoms with Gasteiger partial charge in [-0.1, -0.05) is 39.0 Å². The highest BCUT2D eigenvalue weighted by Crippen LogP contribution is 2.26. The molecule has 0 unspecified atom stereocenters. The highest BCUT2D eigenvalue weighted by atomic mass is 31.2. The van der Waals surface area contributed by atoms with Crippen LogP contribution < -0.4 is 0 Å². The van der Waals surface area contributed by atoms with E-state index in [1.165, 1.54) is 19.3 Å². The normalized spacial score (nSPS) is 11.9. The predicted octanol–water partition coefficient (Wildman–Crippen LogP) is 0.382. The van der Waals surface area contributed by atoms with E-state index in [4.69, 9.17) is 34.6 Å². The summed E-state index contributed by atoms with van der Waals surface area (Å²) < 4.78 is 8.88. The van der Waals surface area contributed by atoms with E-state index in [-0.39, 0.29) is 19.8 Å². The van der Waals surface area contributed by atoms with Gasteiger partial charge in [0.1, 0.15) is 0 Å². The molecule has 19 heavy (non-hydrogen) atoms. The van der Waals surface area contributed by atoms with Crippen molar-refractivity contribution in [1.82, 2.24) is 0 Å². The molecule has 0 aliphatic rings. The zero-order chi connectivity index (χ0) is 15.4. The second kappa shape index (κ2) is 11.8. The van der Waals surface area contributed by atoms with Crippen LogP contribution in [0.2, 0.25) is 0 Å². The topological polar surface area (TPSA) is 138 Å². The summed E-state index contributed by atoms with van der Waals surface area (Å²) in [7, 11) is -4.64. The van der Waals surface area contributed by atoms with Gasteiger partial charge in [-0.25, -0.2) is 4.57 Å². The lowest BCUT2D eigenvalue weighted by Gasteiger charge is -2.27. The van der Waals surface area contributed by atoms with Crippen molar-refractivity contribution in [2.45, 2.75) is 45.4 Å². The molecule has 0 fully saturated rings. The van der Waals surface area contributed by atoms with Gasteiger partial charge in [0, 0.05) is 5.41 Å². The number of hydrogen-bond donors (Lipinski definition) is 6. The van der Waals surface area contributed by atoms with Crippen LogP contribution in [-0.2, 0) is 4.57 Å². The summed E-state index contributed by atoms with van der Waals surface area (Å²) in [6.45, 7) is 1.77. The van der Waals surface area contributed by atoms with Crippen LogP contribution in [-0.4, -0.2) is 49.8 Å². The second-order valence-corrected chi connectivity index (χ2v) is 5.68. The first-order chi connectivity index (χ1) is 8.74. The van der Waals surface area contributed by atoms with Crippen LogP contribution in [0.15, 0.2) is 0 Å². The maximum Gasteiger partial charge on any atom is 0.466 e. The average molecular weight is 302 g/mol. The van der Waals surface area contributed by atoms with Crippen molar-refractivity contribution >= 4 is 7.82 Å². The molecule has 6 N–H and O–H groups in total. The molecule has 0 heterocycles. The number of aliphatic hydroxyl groups is 3. The molecule has 118 valence electrons. The van der Waals surface area contributed by atoms with Gasteiger partial charge >= 0.3 is 7.82 Å². The summed E-state index contributed by atoms with van der Waals surface area (Å²) in [5.41, 5.74) is -0.661. The molecule has 0 aliphatic heterocycles. The third-order valence-corrected chi connectivity index (χ3v) is 2.82. The van der Waals surface area contributed by atoms with Crippen molar-refractivity contribution < 1.29 is 34.6 Å². The van der Waals surface area contributed by atoms with Crippen molar-refractivity contribution in [2.24, 2.45) is 5.41 Å². The Labute approximate surface area is 114 Å². The SMILES string of the molecule is CCCCCCCC(CO)(CO)CO.O=P(O)(O)O. The minimum Gasteiger partial charge on any atom is -0.396 e. The third kappa shape index (κ3) is 15.9. The highest BCUT2D eigenvalue weighted by Gasteiger charge is 2.26. The first kappa shape index (κ1) is 21.3. The maximum absolute atomic E-state index is 9.06. The molecule has 0 atom stereocenters. The lowest BCUT2D eigenvalue weighted by atomic mass is 9.85. The fourth-order valence-electron chi connectivity index (χ4n) is 1.49.